The summed E-state index contributed by atoms with van der Waals surface area (Å²) in [7, 11) is 0. The molecule has 0 aliphatic heterocycles. The van der Waals surface area contributed by atoms with Gasteiger partial charge in [0, 0.05) is 0 Å². The zero-order valence-electron chi connectivity index (χ0n) is 9.43. The zero-order valence-corrected chi connectivity index (χ0v) is 10.2. The number of carbonyl (C=O) groups is 1. The Morgan fingerprint density at radius 1 is 1.38 bits per heavy atom. The topological polar surface area (TPSA) is 66.8 Å². The molecule has 0 spiro atoms. The quantitative estimate of drug-likeness (QED) is 0.681. The average Bonchev–Trinajstić information content (AvgIpc) is 2.29. The molecule has 0 saturated heterocycles. The summed E-state index contributed by atoms with van der Waals surface area (Å²) < 4.78 is 4.74. The van der Waals surface area contributed by atoms with Gasteiger partial charge in [0.2, 0.25) is 0 Å². The lowest BCUT2D eigenvalue weighted by Gasteiger charge is -2.26. The Morgan fingerprint density at radius 2 is 2.12 bits per heavy atom. The molecule has 0 aromatic rings. The molecule has 16 heavy (non-hydrogen) atoms. The van der Waals surface area contributed by atoms with E-state index in [0.717, 1.165) is 25.0 Å². The summed E-state index contributed by atoms with van der Waals surface area (Å²) in [6.45, 7) is -0.0524. The summed E-state index contributed by atoms with van der Waals surface area (Å²) >= 11 is 1.51. The van der Waals surface area contributed by atoms with E-state index in [0.29, 0.717) is 11.7 Å². The molecule has 0 bridgehead atoms. The van der Waals surface area contributed by atoms with E-state index >= 15 is 0 Å². The number of carbonyl (C=O) groups excluding carboxylic acids is 1. The second kappa shape index (κ2) is 7.92. The Hall–Kier alpha value is -0.260. The molecule has 1 rings (SSSR count). The molecular formula is C11H20O4S. The standard InChI is InChI=1S/C11H20O4S/c12-5-6-15-11(14)8-16-7-9-3-1-2-4-10(9)13/h9-10,12-13H,1-8H2. The number of hydrogen-bond donors (Lipinski definition) is 2. The summed E-state index contributed by atoms with van der Waals surface area (Å²) in [5.41, 5.74) is 0. The van der Waals surface area contributed by atoms with Crippen LogP contribution in [0.5, 0.6) is 0 Å². The van der Waals surface area contributed by atoms with Crippen LogP contribution in [0.15, 0.2) is 0 Å². The molecule has 4 nitrogen and oxygen atoms in total. The van der Waals surface area contributed by atoms with Crippen LogP contribution in [0.25, 0.3) is 0 Å². The van der Waals surface area contributed by atoms with Gasteiger partial charge < -0.3 is 14.9 Å². The first-order chi connectivity index (χ1) is 7.74. The van der Waals surface area contributed by atoms with Crippen LogP contribution in [0.1, 0.15) is 25.7 Å². The smallest absolute Gasteiger partial charge is 0.315 e. The minimum absolute atomic E-state index is 0.0748. The number of thioether (sulfide) groups is 1. The van der Waals surface area contributed by atoms with Gasteiger partial charge >= 0.3 is 5.97 Å². The molecule has 0 heterocycles. The highest BCUT2D eigenvalue weighted by Crippen LogP contribution is 2.27. The maximum absolute atomic E-state index is 11.1. The highest BCUT2D eigenvalue weighted by atomic mass is 32.2. The van der Waals surface area contributed by atoms with Gasteiger partial charge in [0.1, 0.15) is 6.61 Å². The number of aliphatic hydroxyl groups is 2. The van der Waals surface area contributed by atoms with E-state index in [9.17, 15) is 9.90 Å². The van der Waals surface area contributed by atoms with E-state index in [-0.39, 0.29) is 25.3 Å². The van der Waals surface area contributed by atoms with Crippen molar-refractivity contribution in [1.82, 2.24) is 0 Å². The number of hydrogen-bond acceptors (Lipinski definition) is 5. The summed E-state index contributed by atoms with van der Waals surface area (Å²) in [6, 6.07) is 0. The van der Waals surface area contributed by atoms with Gasteiger partial charge in [0.15, 0.2) is 0 Å². The van der Waals surface area contributed by atoms with Crippen molar-refractivity contribution in [2.45, 2.75) is 31.8 Å². The van der Waals surface area contributed by atoms with Gasteiger partial charge in [-0.25, -0.2) is 0 Å². The van der Waals surface area contributed by atoms with E-state index in [1.165, 1.54) is 18.2 Å². The van der Waals surface area contributed by atoms with Crippen LogP contribution in [0, 0.1) is 5.92 Å². The third kappa shape index (κ3) is 5.18. The molecular weight excluding hydrogens is 228 g/mol. The predicted octanol–water partition coefficient (Wildman–Crippen LogP) is 0.806. The van der Waals surface area contributed by atoms with Crippen molar-refractivity contribution >= 4 is 17.7 Å². The zero-order chi connectivity index (χ0) is 11.8. The van der Waals surface area contributed by atoms with Crippen LogP contribution < -0.4 is 0 Å². The van der Waals surface area contributed by atoms with Gasteiger partial charge in [-0.15, -0.1) is 11.8 Å². The maximum Gasteiger partial charge on any atom is 0.315 e. The molecule has 0 amide bonds. The molecule has 1 fully saturated rings. The van der Waals surface area contributed by atoms with Crippen LogP contribution in [0.2, 0.25) is 0 Å². The van der Waals surface area contributed by atoms with Crippen molar-refractivity contribution in [1.29, 1.82) is 0 Å². The van der Waals surface area contributed by atoms with Crippen LogP contribution in [-0.4, -0.2) is 47.0 Å². The first kappa shape index (κ1) is 13.8. The summed E-state index contributed by atoms with van der Waals surface area (Å²) in [5, 5.41) is 18.2. The minimum Gasteiger partial charge on any atom is -0.463 e. The van der Waals surface area contributed by atoms with Crippen molar-refractivity contribution in [2.75, 3.05) is 24.7 Å². The normalized spacial score (nSPS) is 25.4. The molecule has 1 saturated carbocycles. The first-order valence-corrected chi connectivity index (χ1v) is 6.92. The Morgan fingerprint density at radius 3 is 2.81 bits per heavy atom. The van der Waals surface area contributed by atoms with Crippen LogP contribution in [0.3, 0.4) is 0 Å². The molecule has 0 radical (unpaired) electrons. The van der Waals surface area contributed by atoms with Crippen LogP contribution in [-0.2, 0) is 9.53 Å². The van der Waals surface area contributed by atoms with Crippen molar-refractivity contribution in [3.63, 3.8) is 0 Å². The van der Waals surface area contributed by atoms with E-state index in [2.05, 4.69) is 0 Å². The molecule has 2 N–H and O–H groups in total. The summed E-state index contributed by atoms with van der Waals surface area (Å²) in [6.07, 6.45) is 4.03. The fourth-order valence-electron chi connectivity index (χ4n) is 1.88. The maximum atomic E-state index is 11.1. The Kier molecular flexibility index (Phi) is 6.84. The van der Waals surface area contributed by atoms with Crippen molar-refractivity contribution in [3.8, 4) is 0 Å². The van der Waals surface area contributed by atoms with Gasteiger partial charge in [-0.05, 0) is 24.5 Å². The second-order valence-electron chi connectivity index (χ2n) is 4.07. The lowest BCUT2D eigenvalue weighted by Crippen LogP contribution is -2.26. The Balaban J connectivity index is 2.07. The van der Waals surface area contributed by atoms with Crippen LogP contribution in [0.4, 0.5) is 0 Å². The highest BCUT2D eigenvalue weighted by Gasteiger charge is 2.22. The van der Waals surface area contributed by atoms with Gasteiger partial charge in [0.25, 0.3) is 0 Å². The van der Waals surface area contributed by atoms with E-state index in [4.69, 9.17) is 9.84 Å². The molecule has 1 aliphatic rings. The van der Waals surface area contributed by atoms with E-state index in [1.54, 1.807) is 0 Å². The van der Waals surface area contributed by atoms with E-state index in [1.807, 2.05) is 0 Å². The van der Waals surface area contributed by atoms with Crippen molar-refractivity contribution in [2.24, 2.45) is 5.92 Å². The predicted molar refractivity (Wildman–Crippen MR) is 63.3 cm³/mol. The third-order valence-corrected chi connectivity index (χ3v) is 3.88. The SMILES string of the molecule is O=C(CSCC1CCCCC1O)OCCO. The van der Waals surface area contributed by atoms with Gasteiger partial charge in [-0.3, -0.25) is 4.79 Å². The van der Waals surface area contributed by atoms with Crippen molar-refractivity contribution in [3.05, 3.63) is 0 Å². The Bertz CT molecular complexity index is 210. The summed E-state index contributed by atoms with van der Waals surface area (Å²) in [4.78, 5) is 11.1. The second-order valence-corrected chi connectivity index (χ2v) is 5.10. The minimum atomic E-state index is -0.288. The van der Waals surface area contributed by atoms with E-state index < -0.39 is 0 Å². The van der Waals surface area contributed by atoms with Crippen molar-refractivity contribution < 1.29 is 19.7 Å². The fourth-order valence-corrected chi connectivity index (χ4v) is 2.94. The lowest BCUT2D eigenvalue weighted by molar-refractivity contribution is -0.141. The monoisotopic (exact) mass is 248 g/mol. The van der Waals surface area contributed by atoms with Crippen LogP contribution >= 0.6 is 11.8 Å². The van der Waals surface area contributed by atoms with Gasteiger partial charge in [-0.2, -0.15) is 0 Å². The molecule has 5 heteroatoms. The number of esters is 1. The highest BCUT2D eigenvalue weighted by molar-refractivity contribution is 7.99. The fraction of sp³-hybridized carbons (Fsp3) is 0.909. The molecule has 0 aromatic heterocycles. The number of aliphatic hydroxyl groups excluding tert-OH is 2. The number of ether oxygens (including phenoxy) is 1. The summed E-state index contributed by atoms with van der Waals surface area (Å²) in [5.74, 6) is 1.16. The largest absolute Gasteiger partial charge is 0.463 e. The third-order valence-electron chi connectivity index (χ3n) is 2.78. The van der Waals surface area contributed by atoms with Gasteiger partial charge in [-0.1, -0.05) is 12.8 Å². The molecule has 94 valence electrons. The van der Waals surface area contributed by atoms with Gasteiger partial charge in [0.05, 0.1) is 18.5 Å². The molecule has 2 unspecified atom stereocenters. The molecule has 0 aromatic carbocycles. The first-order valence-electron chi connectivity index (χ1n) is 5.76. The Labute approximate surface area is 100 Å². The number of rotatable bonds is 6. The average molecular weight is 248 g/mol. The molecule has 2 atom stereocenters. The lowest BCUT2D eigenvalue weighted by atomic mass is 9.88. The molecule has 1 aliphatic carbocycles.